The van der Waals surface area contributed by atoms with Crippen LogP contribution in [0.5, 0.6) is 0 Å². The molecule has 3 aromatic rings. The summed E-state index contributed by atoms with van der Waals surface area (Å²) in [6, 6.07) is 24.0. The number of carbonyl (C=O) groups excluding carboxylic acids is 6. The molecule has 12 heteroatoms. The maximum absolute atomic E-state index is 12.3. The van der Waals surface area contributed by atoms with Gasteiger partial charge in [-0.15, -0.1) is 0 Å². The highest BCUT2D eigenvalue weighted by Gasteiger charge is 2.32. The van der Waals surface area contributed by atoms with E-state index >= 15 is 0 Å². The molecule has 45 heavy (non-hydrogen) atoms. The Kier molecular flexibility index (Phi) is 12.2. The van der Waals surface area contributed by atoms with Gasteiger partial charge in [-0.25, -0.2) is 14.4 Å². The van der Waals surface area contributed by atoms with Crippen molar-refractivity contribution in [1.29, 1.82) is 0 Å². The summed E-state index contributed by atoms with van der Waals surface area (Å²) < 4.78 is 31.8. The van der Waals surface area contributed by atoms with Crippen molar-refractivity contribution in [2.75, 3.05) is 0 Å². The van der Waals surface area contributed by atoms with E-state index in [9.17, 15) is 28.8 Å². The molecule has 0 radical (unpaired) electrons. The third kappa shape index (κ3) is 10.9. The van der Waals surface area contributed by atoms with E-state index in [1.807, 2.05) is 0 Å². The van der Waals surface area contributed by atoms with Gasteiger partial charge in [0.05, 0.1) is 36.0 Å². The first kappa shape index (κ1) is 32.9. The molecule has 0 amide bonds. The minimum atomic E-state index is -1.04. The maximum Gasteiger partial charge on any atom is 0.345 e. The second-order valence-electron chi connectivity index (χ2n) is 9.70. The number of benzene rings is 3. The highest BCUT2D eigenvalue weighted by Crippen LogP contribution is 2.25. The zero-order valence-corrected chi connectivity index (χ0v) is 24.0. The first-order valence-corrected chi connectivity index (χ1v) is 14.1. The van der Waals surface area contributed by atoms with Gasteiger partial charge in [-0.2, -0.15) is 0 Å². The first-order valence-electron chi connectivity index (χ1n) is 14.1. The summed E-state index contributed by atoms with van der Waals surface area (Å²) in [4.78, 5) is 73.5. The number of ether oxygens (including phenoxy) is 6. The van der Waals surface area contributed by atoms with Gasteiger partial charge in [-0.05, 0) is 36.4 Å². The molecule has 1 fully saturated rings. The molecular formula is C33H30O12. The SMILES string of the molecule is O=C(CCC1OC(CCC(=O)OC(=O)c2ccccc2)OC(CCC(=O)OC(=O)c2ccccc2)O1)OC(=O)c1ccccc1. The van der Waals surface area contributed by atoms with E-state index in [0.29, 0.717) is 0 Å². The summed E-state index contributed by atoms with van der Waals surface area (Å²) in [6.45, 7) is 0. The van der Waals surface area contributed by atoms with Crippen molar-refractivity contribution in [3.63, 3.8) is 0 Å². The summed E-state index contributed by atoms with van der Waals surface area (Å²) in [5.41, 5.74) is 0.624. The summed E-state index contributed by atoms with van der Waals surface area (Å²) >= 11 is 0. The zero-order valence-electron chi connectivity index (χ0n) is 24.0. The quantitative estimate of drug-likeness (QED) is 0.159. The van der Waals surface area contributed by atoms with Crippen LogP contribution in [0, 0.1) is 0 Å². The standard InChI is InChI=1S/C33H30O12/c34-25(40-31(37)22-10-4-1-5-11-22)16-19-28-43-29(20-17-26(35)41-32(38)23-12-6-2-7-13-23)45-30(44-28)21-18-27(36)42-33(39)24-14-8-3-9-15-24/h1-15,28-30H,16-21H2. The number of esters is 6. The van der Waals surface area contributed by atoms with Crippen LogP contribution < -0.4 is 0 Å². The van der Waals surface area contributed by atoms with Crippen LogP contribution in [0.25, 0.3) is 0 Å². The predicted molar refractivity (Wildman–Crippen MR) is 153 cm³/mol. The Morgan fingerprint density at radius 1 is 0.422 bits per heavy atom. The summed E-state index contributed by atoms with van der Waals surface area (Å²) in [6.07, 6.45) is -4.06. The second-order valence-corrected chi connectivity index (χ2v) is 9.70. The van der Waals surface area contributed by atoms with Crippen molar-refractivity contribution in [3.05, 3.63) is 108 Å². The molecule has 1 heterocycles. The van der Waals surface area contributed by atoms with E-state index in [2.05, 4.69) is 0 Å². The Morgan fingerprint density at radius 2 is 0.667 bits per heavy atom. The molecule has 0 N–H and O–H groups in total. The highest BCUT2D eigenvalue weighted by atomic mass is 16.9. The fraction of sp³-hybridized carbons (Fsp3) is 0.273. The lowest BCUT2D eigenvalue weighted by Crippen LogP contribution is -2.41. The van der Waals surface area contributed by atoms with Gasteiger partial charge in [-0.1, -0.05) is 54.6 Å². The Balaban J connectivity index is 1.30. The summed E-state index contributed by atoms with van der Waals surface area (Å²) in [5, 5.41) is 0. The molecule has 1 aliphatic rings. The third-order valence-electron chi connectivity index (χ3n) is 6.31. The van der Waals surface area contributed by atoms with Gasteiger partial charge in [0, 0.05) is 19.3 Å². The first-order chi connectivity index (χ1) is 21.8. The molecule has 1 saturated heterocycles. The van der Waals surface area contributed by atoms with Crippen molar-refractivity contribution in [2.45, 2.75) is 57.4 Å². The van der Waals surface area contributed by atoms with Crippen LogP contribution in [0.1, 0.15) is 69.6 Å². The van der Waals surface area contributed by atoms with Crippen molar-refractivity contribution in [2.24, 2.45) is 0 Å². The van der Waals surface area contributed by atoms with Crippen molar-refractivity contribution < 1.29 is 57.2 Å². The van der Waals surface area contributed by atoms with Crippen molar-refractivity contribution >= 4 is 35.8 Å². The smallest absolute Gasteiger partial charge is 0.345 e. The molecule has 234 valence electrons. The van der Waals surface area contributed by atoms with Crippen LogP contribution >= 0.6 is 0 Å². The zero-order chi connectivity index (χ0) is 32.0. The molecule has 12 nitrogen and oxygen atoms in total. The minimum Gasteiger partial charge on any atom is -0.389 e. The van der Waals surface area contributed by atoms with Crippen LogP contribution in [0.15, 0.2) is 91.0 Å². The van der Waals surface area contributed by atoms with Crippen LogP contribution in [0.2, 0.25) is 0 Å². The summed E-state index contributed by atoms with van der Waals surface area (Å²) in [5.74, 6) is -4.88. The van der Waals surface area contributed by atoms with Crippen LogP contribution in [0.4, 0.5) is 0 Å². The highest BCUT2D eigenvalue weighted by molar-refractivity contribution is 5.98. The minimum absolute atomic E-state index is 0.0505. The van der Waals surface area contributed by atoms with E-state index in [4.69, 9.17) is 28.4 Å². The van der Waals surface area contributed by atoms with Gasteiger partial charge in [0.2, 0.25) is 0 Å². The van der Waals surface area contributed by atoms with E-state index in [1.165, 1.54) is 36.4 Å². The molecule has 0 aromatic heterocycles. The third-order valence-corrected chi connectivity index (χ3v) is 6.31. The van der Waals surface area contributed by atoms with Gasteiger partial charge < -0.3 is 28.4 Å². The molecule has 0 bridgehead atoms. The number of hydrogen-bond acceptors (Lipinski definition) is 12. The Bertz CT molecular complexity index is 1290. The fourth-order valence-corrected chi connectivity index (χ4v) is 4.08. The predicted octanol–water partition coefficient (Wildman–Crippen LogP) is 4.52. The second kappa shape index (κ2) is 16.7. The van der Waals surface area contributed by atoms with Gasteiger partial charge in [-0.3, -0.25) is 14.4 Å². The van der Waals surface area contributed by atoms with E-state index in [1.54, 1.807) is 54.6 Å². The molecule has 0 atom stereocenters. The average Bonchev–Trinajstić information content (AvgIpc) is 3.06. The number of hydrogen-bond donors (Lipinski definition) is 0. The molecule has 0 saturated carbocycles. The van der Waals surface area contributed by atoms with Crippen LogP contribution in [-0.4, -0.2) is 54.7 Å². The van der Waals surface area contributed by atoms with E-state index in [-0.39, 0.29) is 55.2 Å². The lowest BCUT2D eigenvalue weighted by atomic mass is 10.2. The maximum atomic E-state index is 12.3. The normalized spacial score (nSPS) is 17.5. The molecule has 0 aliphatic carbocycles. The van der Waals surface area contributed by atoms with Crippen LogP contribution in [0.3, 0.4) is 0 Å². The molecule has 3 aromatic carbocycles. The van der Waals surface area contributed by atoms with Gasteiger partial charge in [0.15, 0.2) is 18.9 Å². The van der Waals surface area contributed by atoms with E-state index < -0.39 is 54.7 Å². The number of rotatable bonds is 12. The molecular weight excluding hydrogens is 588 g/mol. The Hall–Kier alpha value is -5.04. The monoisotopic (exact) mass is 618 g/mol. The van der Waals surface area contributed by atoms with E-state index in [0.717, 1.165) is 0 Å². The molecule has 0 unspecified atom stereocenters. The van der Waals surface area contributed by atoms with Crippen LogP contribution in [-0.2, 0) is 42.8 Å². The van der Waals surface area contributed by atoms with Gasteiger partial charge >= 0.3 is 35.8 Å². The molecule has 4 rings (SSSR count). The molecule has 0 spiro atoms. The average molecular weight is 619 g/mol. The largest absolute Gasteiger partial charge is 0.389 e. The van der Waals surface area contributed by atoms with Gasteiger partial charge in [0.25, 0.3) is 0 Å². The number of carbonyl (C=O) groups is 6. The van der Waals surface area contributed by atoms with Crippen molar-refractivity contribution in [3.8, 4) is 0 Å². The fourth-order valence-electron chi connectivity index (χ4n) is 4.08. The molecule has 1 aliphatic heterocycles. The van der Waals surface area contributed by atoms with Gasteiger partial charge in [0.1, 0.15) is 0 Å². The van der Waals surface area contributed by atoms with Crippen molar-refractivity contribution in [1.82, 2.24) is 0 Å². The Morgan fingerprint density at radius 3 is 0.911 bits per heavy atom. The summed E-state index contributed by atoms with van der Waals surface area (Å²) in [7, 11) is 0. The lowest BCUT2D eigenvalue weighted by molar-refractivity contribution is -0.385. The lowest BCUT2D eigenvalue weighted by Gasteiger charge is -2.35. The topological polar surface area (TPSA) is 158 Å². The Labute approximate surface area is 258 Å².